The summed E-state index contributed by atoms with van der Waals surface area (Å²) in [6.07, 6.45) is 44.3. The van der Waals surface area contributed by atoms with Gasteiger partial charge in [0.2, 0.25) is 5.91 Å². The number of ether oxygens (including phenoxy) is 6. The molecule has 0 bridgehead atoms. The maximum absolute atomic E-state index is 13.5. The zero-order chi connectivity index (χ0) is 68.9. The summed E-state index contributed by atoms with van der Waals surface area (Å²) in [5, 5.41) is 121. The van der Waals surface area contributed by atoms with Gasteiger partial charge in [-0.3, -0.25) is 4.79 Å². The van der Waals surface area contributed by atoms with Gasteiger partial charge in [0.1, 0.15) is 73.2 Å². The van der Waals surface area contributed by atoms with Gasteiger partial charge in [-0.25, -0.2) is 0 Å². The molecule has 3 aliphatic rings. The molecule has 12 N–H and O–H groups in total. The topological polar surface area (TPSA) is 307 Å². The Morgan fingerprint density at radius 3 is 1.14 bits per heavy atom. The monoisotopic (exact) mass is 1350 g/mol. The number of hydrogen-bond donors (Lipinski definition) is 12. The number of rotatable bonds is 59. The molecule has 95 heavy (non-hydrogen) atoms. The maximum atomic E-state index is 13.5. The Balaban J connectivity index is 1.39. The third-order valence-corrected chi connectivity index (χ3v) is 18.9. The van der Waals surface area contributed by atoms with Crippen LogP contribution in [-0.2, 0) is 33.2 Å². The lowest BCUT2D eigenvalue weighted by molar-refractivity contribution is -0.379. The summed E-state index contributed by atoms with van der Waals surface area (Å²) >= 11 is 0. The van der Waals surface area contributed by atoms with E-state index in [4.69, 9.17) is 28.4 Å². The molecule has 0 radical (unpaired) electrons. The standard InChI is InChI=1S/C76H137NO18/c1-3-5-7-9-11-13-15-17-19-21-23-25-26-27-28-29-30-31-32-34-36-38-40-42-44-46-48-50-52-54-64(82)77-59(60(81)53-51-49-47-45-43-41-39-37-35-33-24-22-20-18-16-14-12-10-8-6-4-2)58-90-74-70(88)67(85)72(62(56-79)92-74)95-76-71(89)68(86)73(63(57-80)93-76)94-75-69(87)66(84)65(83)61(55-78)91-75/h5,7,11,13,17,19,23,25,27-28,59-63,65-76,78-81,83-89H,3-4,6,8-10,12,14-16,18,20-22,24,26,29-58H2,1-2H3,(H,77,82)/b7-5-,13-11-,19-17-,25-23-,28-27-. The fraction of sp³-hybridized carbons (Fsp3) is 0.855. The molecule has 19 heteroatoms. The van der Waals surface area contributed by atoms with Crippen LogP contribution in [0.3, 0.4) is 0 Å². The van der Waals surface area contributed by atoms with Crippen molar-refractivity contribution in [2.45, 2.75) is 388 Å². The summed E-state index contributed by atoms with van der Waals surface area (Å²) in [5.41, 5.74) is 0. The molecule has 3 rings (SSSR count). The molecule has 17 atom stereocenters. The fourth-order valence-corrected chi connectivity index (χ4v) is 12.8. The molecule has 0 spiro atoms. The molecular weight excluding hydrogens is 1210 g/mol. The summed E-state index contributed by atoms with van der Waals surface area (Å²) in [5.74, 6) is -0.243. The van der Waals surface area contributed by atoms with Crippen molar-refractivity contribution in [3.63, 3.8) is 0 Å². The van der Waals surface area contributed by atoms with Crippen LogP contribution in [0.5, 0.6) is 0 Å². The molecule has 0 aromatic heterocycles. The second-order valence-electron chi connectivity index (χ2n) is 27.1. The molecule has 0 aliphatic carbocycles. The Bertz CT molecular complexity index is 1950. The van der Waals surface area contributed by atoms with Gasteiger partial charge in [-0.15, -0.1) is 0 Å². The average molecular weight is 1350 g/mol. The van der Waals surface area contributed by atoms with Crippen molar-refractivity contribution in [2.75, 3.05) is 26.4 Å². The number of unbranched alkanes of at least 4 members (excludes halogenated alkanes) is 33. The molecule has 3 fully saturated rings. The molecular formula is C76H137NO18. The quantitative estimate of drug-likeness (QED) is 0.0199. The number of amides is 1. The van der Waals surface area contributed by atoms with Gasteiger partial charge in [0.25, 0.3) is 0 Å². The van der Waals surface area contributed by atoms with Crippen LogP contribution < -0.4 is 5.32 Å². The summed E-state index contributed by atoms with van der Waals surface area (Å²) in [6.45, 7) is 1.72. The van der Waals surface area contributed by atoms with Crippen LogP contribution in [0.1, 0.15) is 284 Å². The van der Waals surface area contributed by atoms with E-state index in [-0.39, 0.29) is 18.9 Å². The first-order valence-electron chi connectivity index (χ1n) is 38.0. The number of carbonyl (C=O) groups is 1. The normalized spacial score (nSPS) is 27.5. The van der Waals surface area contributed by atoms with Crippen LogP contribution in [0, 0.1) is 0 Å². The minimum atomic E-state index is -1.97. The largest absolute Gasteiger partial charge is 0.394 e. The zero-order valence-electron chi connectivity index (χ0n) is 58.9. The lowest BCUT2D eigenvalue weighted by Gasteiger charge is -2.48. The van der Waals surface area contributed by atoms with Crippen molar-refractivity contribution < 1.29 is 89.4 Å². The van der Waals surface area contributed by atoms with Crippen LogP contribution in [-0.4, -0.2) is 193 Å². The molecule has 1 amide bonds. The molecule has 554 valence electrons. The first-order chi connectivity index (χ1) is 46.3. The van der Waals surface area contributed by atoms with Crippen LogP contribution >= 0.6 is 0 Å². The van der Waals surface area contributed by atoms with Crippen LogP contribution in [0.25, 0.3) is 0 Å². The van der Waals surface area contributed by atoms with E-state index in [2.05, 4.69) is 79.9 Å². The van der Waals surface area contributed by atoms with Crippen molar-refractivity contribution in [3.05, 3.63) is 60.8 Å². The number of aliphatic hydroxyl groups is 11. The Kier molecular flexibility index (Phi) is 52.2. The summed E-state index contributed by atoms with van der Waals surface area (Å²) < 4.78 is 34.5. The van der Waals surface area contributed by atoms with Crippen LogP contribution in [0.15, 0.2) is 60.8 Å². The Hall–Kier alpha value is -2.51. The second kappa shape index (κ2) is 57.2. The third kappa shape index (κ3) is 38.2. The predicted octanol–water partition coefficient (Wildman–Crippen LogP) is 11.5. The zero-order valence-corrected chi connectivity index (χ0v) is 58.9. The average Bonchev–Trinajstić information content (AvgIpc) is 0.786. The highest BCUT2D eigenvalue weighted by molar-refractivity contribution is 5.76. The lowest BCUT2D eigenvalue weighted by Crippen LogP contribution is -2.66. The minimum Gasteiger partial charge on any atom is -0.394 e. The van der Waals surface area contributed by atoms with E-state index in [1.54, 1.807) is 0 Å². The number of allylic oxidation sites excluding steroid dienone is 10. The molecule has 0 aromatic rings. The van der Waals surface area contributed by atoms with Gasteiger partial charge in [0.15, 0.2) is 18.9 Å². The van der Waals surface area contributed by atoms with E-state index < -0.39 is 124 Å². The summed E-state index contributed by atoms with van der Waals surface area (Å²) in [6, 6.07) is -0.891. The van der Waals surface area contributed by atoms with Gasteiger partial charge in [0, 0.05) is 6.42 Å². The van der Waals surface area contributed by atoms with E-state index in [9.17, 15) is 61.0 Å². The van der Waals surface area contributed by atoms with Crippen LogP contribution in [0.2, 0.25) is 0 Å². The Morgan fingerprint density at radius 1 is 0.389 bits per heavy atom. The van der Waals surface area contributed by atoms with E-state index in [1.165, 1.54) is 167 Å². The van der Waals surface area contributed by atoms with Crippen molar-refractivity contribution >= 4 is 5.91 Å². The third-order valence-electron chi connectivity index (χ3n) is 18.9. The molecule has 3 saturated heterocycles. The van der Waals surface area contributed by atoms with Gasteiger partial charge in [-0.2, -0.15) is 0 Å². The Labute approximate surface area is 573 Å². The van der Waals surface area contributed by atoms with Crippen molar-refractivity contribution in [2.24, 2.45) is 0 Å². The highest BCUT2D eigenvalue weighted by Crippen LogP contribution is 2.33. The molecule has 3 aliphatic heterocycles. The summed E-state index contributed by atoms with van der Waals surface area (Å²) in [4.78, 5) is 13.5. The SMILES string of the molecule is CC/C=C\C/C=C\C/C=C\C/C=C\C/C=C\CCCCCCCCCCCCCCCC(=O)NC(COC1OC(CO)C(OC2OC(CO)C(OC3OC(CO)C(O)C(O)C3O)C(O)C2O)C(O)C1O)C(O)CCCCCCCCCCCCCCCCCCCCCCC. The predicted molar refractivity (Wildman–Crippen MR) is 374 cm³/mol. The summed E-state index contributed by atoms with van der Waals surface area (Å²) in [7, 11) is 0. The smallest absolute Gasteiger partial charge is 0.220 e. The van der Waals surface area contributed by atoms with Gasteiger partial charge in [0.05, 0.1) is 38.6 Å². The number of aliphatic hydroxyl groups excluding tert-OH is 11. The van der Waals surface area contributed by atoms with Gasteiger partial charge < -0.3 is 89.9 Å². The van der Waals surface area contributed by atoms with Gasteiger partial charge in [-0.1, -0.05) is 280 Å². The minimum absolute atomic E-state index is 0.243. The van der Waals surface area contributed by atoms with E-state index in [0.29, 0.717) is 12.8 Å². The van der Waals surface area contributed by atoms with E-state index in [1.807, 2.05) is 0 Å². The highest BCUT2D eigenvalue weighted by atomic mass is 16.8. The van der Waals surface area contributed by atoms with Gasteiger partial charge in [-0.05, 0) is 57.8 Å². The van der Waals surface area contributed by atoms with Crippen molar-refractivity contribution in [1.29, 1.82) is 0 Å². The van der Waals surface area contributed by atoms with Crippen molar-refractivity contribution in [3.8, 4) is 0 Å². The van der Waals surface area contributed by atoms with E-state index in [0.717, 1.165) is 83.5 Å². The van der Waals surface area contributed by atoms with E-state index >= 15 is 0 Å². The molecule has 3 heterocycles. The highest BCUT2D eigenvalue weighted by Gasteiger charge is 2.53. The molecule has 0 saturated carbocycles. The lowest BCUT2D eigenvalue weighted by atomic mass is 9.96. The fourth-order valence-electron chi connectivity index (χ4n) is 12.8. The first-order valence-corrected chi connectivity index (χ1v) is 38.0. The van der Waals surface area contributed by atoms with Gasteiger partial charge >= 0.3 is 0 Å². The number of hydrogen-bond acceptors (Lipinski definition) is 18. The second-order valence-corrected chi connectivity index (χ2v) is 27.1. The van der Waals surface area contributed by atoms with Crippen molar-refractivity contribution in [1.82, 2.24) is 5.32 Å². The first kappa shape index (κ1) is 86.7. The molecule has 0 aromatic carbocycles. The Morgan fingerprint density at radius 2 is 0.726 bits per heavy atom. The molecule has 19 nitrogen and oxygen atoms in total. The molecule has 17 unspecified atom stereocenters. The number of carbonyl (C=O) groups excluding carboxylic acids is 1. The number of nitrogens with one attached hydrogen (secondary N) is 1. The maximum Gasteiger partial charge on any atom is 0.220 e. The van der Waals surface area contributed by atoms with Crippen LogP contribution in [0.4, 0.5) is 0 Å².